The lowest BCUT2D eigenvalue weighted by Crippen LogP contribution is -2.26. The van der Waals surface area contributed by atoms with E-state index in [1.54, 1.807) is 0 Å². The first kappa shape index (κ1) is 16.7. The van der Waals surface area contributed by atoms with Crippen molar-refractivity contribution in [2.45, 2.75) is 58.2 Å². The molecule has 0 fully saturated rings. The maximum atomic E-state index is 11.8. The van der Waals surface area contributed by atoms with Crippen LogP contribution in [0, 0.1) is 0 Å². The van der Waals surface area contributed by atoms with Crippen molar-refractivity contribution in [2.75, 3.05) is 19.8 Å². The molecule has 0 saturated heterocycles. The first-order chi connectivity index (χ1) is 7.95. The van der Waals surface area contributed by atoms with Crippen LogP contribution in [0.2, 0.25) is 0 Å². The first-order valence-electron chi connectivity index (χ1n) is 6.33. The smallest absolute Gasteiger partial charge is 0.381 e. The molecule has 1 N–H and O–H groups in total. The van der Waals surface area contributed by atoms with Gasteiger partial charge in [-0.25, -0.2) is 0 Å². The number of hydrogen-bond acceptors (Lipinski definition) is 2. The average molecular weight is 255 g/mol. The van der Waals surface area contributed by atoms with Gasteiger partial charge in [0.1, 0.15) is 0 Å². The Hall–Kier alpha value is -0.290. The van der Waals surface area contributed by atoms with E-state index in [0.717, 1.165) is 25.8 Å². The maximum absolute atomic E-state index is 11.8. The summed E-state index contributed by atoms with van der Waals surface area (Å²) in [5, 5.41) is 3.35. The van der Waals surface area contributed by atoms with Crippen LogP contribution in [-0.2, 0) is 4.74 Å². The van der Waals surface area contributed by atoms with Gasteiger partial charge in [-0.3, -0.25) is 0 Å². The van der Waals surface area contributed by atoms with Crippen LogP contribution in [0.15, 0.2) is 0 Å². The molecule has 17 heavy (non-hydrogen) atoms. The van der Waals surface area contributed by atoms with E-state index in [1.807, 2.05) is 0 Å². The van der Waals surface area contributed by atoms with Gasteiger partial charge in [0.25, 0.3) is 0 Å². The summed E-state index contributed by atoms with van der Waals surface area (Å²) < 4.78 is 40.5. The lowest BCUT2D eigenvalue weighted by Gasteiger charge is -2.12. The van der Waals surface area contributed by atoms with E-state index in [0.29, 0.717) is 12.6 Å². The summed E-state index contributed by atoms with van der Waals surface area (Å²) in [7, 11) is 0. The van der Waals surface area contributed by atoms with E-state index in [2.05, 4.69) is 19.2 Å². The largest absolute Gasteiger partial charge is 0.389 e. The highest BCUT2D eigenvalue weighted by atomic mass is 19.4. The predicted molar refractivity (Wildman–Crippen MR) is 63.1 cm³/mol. The third kappa shape index (κ3) is 13.6. The number of hydrogen-bond donors (Lipinski definition) is 1. The van der Waals surface area contributed by atoms with Crippen LogP contribution in [0.4, 0.5) is 13.2 Å². The van der Waals surface area contributed by atoms with Crippen LogP contribution in [-0.4, -0.2) is 32.0 Å². The van der Waals surface area contributed by atoms with Crippen LogP contribution in [0.5, 0.6) is 0 Å². The molecule has 0 saturated carbocycles. The Morgan fingerprint density at radius 3 is 2.41 bits per heavy atom. The van der Waals surface area contributed by atoms with Gasteiger partial charge in [0.05, 0.1) is 0 Å². The van der Waals surface area contributed by atoms with Gasteiger partial charge >= 0.3 is 6.18 Å². The van der Waals surface area contributed by atoms with E-state index < -0.39 is 12.6 Å². The van der Waals surface area contributed by atoms with Crippen molar-refractivity contribution in [3.63, 3.8) is 0 Å². The molecular weight excluding hydrogens is 231 g/mol. The Balaban J connectivity index is 3.18. The molecule has 5 heteroatoms. The molecule has 0 aliphatic rings. The lowest BCUT2D eigenvalue weighted by atomic mass is 10.2. The highest BCUT2D eigenvalue weighted by Crippen LogP contribution is 2.20. The third-order valence-corrected chi connectivity index (χ3v) is 2.42. The van der Waals surface area contributed by atoms with Gasteiger partial charge in [0, 0.05) is 25.7 Å². The van der Waals surface area contributed by atoms with Gasteiger partial charge in [-0.1, -0.05) is 6.92 Å². The summed E-state index contributed by atoms with van der Waals surface area (Å²) in [5.41, 5.74) is 0. The topological polar surface area (TPSA) is 21.3 Å². The molecule has 0 amide bonds. The molecule has 0 aromatic rings. The van der Waals surface area contributed by atoms with Crippen LogP contribution >= 0.6 is 0 Å². The van der Waals surface area contributed by atoms with E-state index in [4.69, 9.17) is 4.74 Å². The number of nitrogens with one attached hydrogen (secondary N) is 1. The van der Waals surface area contributed by atoms with Gasteiger partial charge in [0.2, 0.25) is 0 Å². The van der Waals surface area contributed by atoms with E-state index >= 15 is 0 Å². The molecule has 0 spiro atoms. The molecule has 0 aromatic carbocycles. The summed E-state index contributed by atoms with van der Waals surface area (Å²) in [6.45, 7) is 5.99. The molecule has 0 radical (unpaired) electrons. The zero-order chi connectivity index (χ0) is 13.1. The second-order valence-corrected chi connectivity index (χ2v) is 4.33. The van der Waals surface area contributed by atoms with Crippen LogP contribution < -0.4 is 5.32 Å². The second kappa shape index (κ2) is 9.71. The summed E-state index contributed by atoms with van der Waals surface area (Å²) >= 11 is 0. The van der Waals surface area contributed by atoms with Crippen molar-refractivity contribution in [1.29, 1.82) is 0 Å². The minimum absolute atomic E-state index is 0.0626. The van der Waals surface area contributed by atoms with Crippen molar-refractivity contribution in [2.24, 2.45) is 0 Å². The highest BCUT2D eigenvalue weighted by molar-refractivity contribution is 4.59. The van der Waals surface area contributed by atoms with Crippen molar-refractivity contribution in [3.8, 4) is 0 Å². The van der Waals surface area contributed by atoms with E-state index in [1.165, 1.54) is 0 Å². The van der Waals surface area contributed by atoms with Crippen LogP contribution in [0.25, 0.3) is 0 Å². The second-order valence-electron chi connectivity index (χ2n) is 4.33. The standard InChI is InChI=1S/C12H24F3NO/c1-3-8-16-11(2)6-4-9-17-10-5-7-12(13,14)15/h11,16H,3-10H2,1-2H3. The molecule has 0 aliphatic carbocycles. The summed E-state index contributed by atoms with van der Waals surface area (Å²) in [5.74, 6) is 0. The molecule has 104 valence electrons. The zero-order valence-electron chi connectivity index (χ0n) is 10.8. The summed E-state index contributed by atoms with van der Waals surface area (Å²) in [6, 6.07) is 0.453. The minimum Gasteiger partial charge on any atom is -0.381 e. The fourth-order valence-corrected chi connectivity index (χ4v) is 1.46. The Labute approximate surface area is 102 Å². The average Bonchev–Trinajstić information content (AvgIpc) is 2.23. The monoisotopic (exact) mass is 255 g/mol. The minimum atomic E-state index is -4.05. The van der Waals surface area contributed by atoms with Crippen molar-refractivity contribution < 1.29 is 17.9 Å². The molecule has 2 nitrogen and oxygen atoms in total. The van der Waals surface area contributed by atoms with Gasteiger partial charge in [-0.05, 0) is 39.2 Å². The molecule has 0 aliphatic heterocycles. The Bertz CT molecular complexity index is 174. The van der Waals surface area contributed by atoms with E-state index in [9.17, 15) is 13.2 Å². The van der Waals surface area contributed by atoms with Crippen molar-refractivity contribution in [3.05, 3.63) is 0 Å². The third-order valence-electron chi connectivity index (χ3n) is 2.42. The molecule has 0 rings (SSSR count). The maximum Gasteiger partial charge on any atom is 0.389 e. The van der Waals surface area contributed by atoms with Crippen molar-refractivity contribution in [1.82, 2.24) is 5.32 Å². The summed E-state index contributed by atoms with van der Waals surface area (Å²) in [6.07, 6.45) is -1.74. The Morgan fingerprint density at radius 1 is 1.18 bits per heavy atom. The number of halogens is 3. The van der Waals surface area contributed by atoms with Crippen molar-refractivity contribution >= 4 is 0 Å². The molecule has 1 unspecified atom stereocenters. The quantitative estimate of drug-likeness (QED) is 0.603. The first-order valence-corrected chi connectivity index (χ1v) is 6.33. The van der Waals surface area contributed by atoms with Gasteiger partial charge in [-0.2, -0.15) is 13.2 Å². The van der Waals surface area contributed by atoms with Gasteiger partial charge in [0.15, 0.2) is 0 Å². The van der Waals surface area contributed by atoms with Gasteiger partial charge < -0.3 is 10.1 Å². The normalized spacial score (nSPS) is 13.9. The lowest BCUT2D eigenvalue weighted by molar-refractivity contribution is -0.137. The fraction of sp³-hybridized carbons (Fsp3) is 1.00. The molecule has 1 atom stereocenters. The van der Waals surface area contributed by atoms with Crippen LogP contribution in [0.1, 0.15) is 46.0 Å². The van der Waals surface area contributed by atoms with E-state index in [-0.39, 0.29) is 13.0 Å². The summed E-state index contributed by atoms with van der Waals surface area (Å²) in [4.78, 5) is 0. The molecular formula is C12H24F3NO. The Morgan fingerprint density at radius 2 is 1.82 bits per heavy atom. The molecule has 0 heterocycles. The Kier molecular flexibility index (Phi) is 9.55. The SMILES string of the molecule is CCCNC(C)CCCOCCCC(F)(F)F. The highest BCUT2D eigenvalue weighted by Gasteiger charge is 2.25. The number of ether oxygens (including phenoxy) is 1. The number of rotatable bonds is 10. The predicted octanol–water partition coefficient (Wildman–Crippen LogP) is 3.51. The fourth-order valence-electron chi connectivity index (χ4n) is 1.46. The van der Waals surface area contributed by atoms with Gasteiger partial charge in [-0.15, -0.1) is 0 Å². The molecule has 0 aromatic heterocycles. The number of alkyl halides is 3. The molecule has 0 bridgehead atoms. The van der Waals surface area contributed by atoms with Crippen LogP contribution in [0.3, 0.4) is 0 Å². The zero-order valence-corrected chi connectivity index (χ0v) is 10.8.